The lowest BCUT2D eigenvalue weighted by Crippen LogP contribution is -2.40. The van der Waals surface area contributed by atoms with Crippen LogP contribution in [0.3, 0.4) is 0 Å². The lowest BCUT2D eigenvalue weighted by atomic mass is 10.2. The summed E-state index contributed by atoms with van der Waals surface area (Å²) in [6.07, 6.45) is 1.12. The zero-order valence-corrected chi connectivity index (χ0v) is 11.5. The van der Waals surface area contributed by atoms with E-state index in [0.29, 0.717) is 6.04 Å². The van der Waals surface area contributed by atoms with Crippen LogP contribution in [0.15, 0.2) is 0 Å². The van der Waals surface area contributed by atoms with Crippen LogP contribution in [-0.2, 0) is 4.79 Å². The Bertz CT molecular complexity index is 217. The maximum absolute atomic E-state index is 11.8. The Balaban J connectivity index is 2.48. The summed E-state index contributed by atoms with van der Waals surface area (Å²) >= 11 is 3.34. The van der Waals surface area contributed by atoms with Crippen LogP contribution >= 0.6 is 15.9 Å². The van der Waals surface area contributed by atoms with Crippen LogP contribution in [0.25, 0.3) is 0 Å². The highest BCUT2D eigenvalue weighted by Crippen LogP contribution is 2.17. The Kier molecular flexibility index (Phi) is 5.06. The van der Waals surface area contributed by atoms with Gasteiger partial charge in [0.25, 0.3) is 0 Å². The molecule has 1 amide bonds. The monoisotopic (exact) mass is 276 g/mol. The Labute approximate surface area is 101 Å². The van der Waals surface area contributed by atoms with Gasteiger partial charge in [-0.25, -0.2) is 0 Å². The van der Waals surface area contributed by atoms with Crippen molar-refractivity contribution in [1.29, 1.82) is 0 Å². The molecular formula is C11H21BrN2O. The topological polar surface area (TPSA) is 23.6 Å². The van der Waals surface area contributed by atoms with Gasteiger partial charge in [-0.1, -0.05) is 29.8 Å². The molecule has 1 saturated heterocycles. The van der Waals surface area contributed by atoms with Gasteiger partial charge in [0, 0.05) is 19.1 Å². The standard InChI is InChI=1S/C11H21BrN2O/c1-4-13(5-2)10-6-7-14(8-10)11(15)9(3)12/h9-10H,4-8H2,1-3H3. The van der Waals surface area contributed by atoms with Crippen LogP contribution in [0.5, 0.6) is 0 Å². The molecule has 0 aliphatic carbocycles. The Morgan fingerprint density at radius 2 is 2.13 bits per heavy atom. The van der Waals surface area contributed by atoms with Gasteiger partial charge >= 0.3 is 0 Å². The van der Waals surface area contributed by atoms with E-state index in [9.17, 15) is 4.79 Å². The summed E-state index contributed by atoms with van der Waals surface area (Å²) < 4.78 is 0. The van der Waals surface area contributed by atoms with Gasteiger partial charge in [0.2, 0.25) is 5.91 Å². The number of hydrogen-bond acceptors (Lipinski definition) is 2. The third kappa shape index (κ3) is 3.18. The largest absolute Gasteiger partial charge is 0.340 e. The predicted molar refractivity (Wildman–Crippen MR) is 66.3 cm³/mol. The summed E-state index contributed by atoms with van der Waals surface area (Å²) in [6, 6.07) is 0.565. The molecule has 2 unspecified atom stereocenters. The molecule has 2 atom stereocenters. The van der Waals surface area contributed by atoms with Crippen LogP contribution in [0.4, 0.5) is 0 Å². The van der Waals surface area contributed by atoms with E-state index < -0.39 is 0 Å². The van der Waals surface area contributed by atoms with Gasteiger partial charge in [0.05, 0.1) is 4.83 Å². The fourth-order valence-corrected chi connectivity index (χ4v) is 2.52. The van der Waals surface area contributed by atoms with E-state index >= 15 is 0 Å². The third-order valence-corrected chi connectivity index (χ3v) is 3.54. The van der Waals surface area contributed by atoms with Gasteiger partial charge in [0.1, 0.15) is 0 Å². The molecule has 4 heteroatoms. The van der Waals surface area contributed by atoms with Gasteiger partial charge in [-0.05, 0) is 26.4 Å². The first kappa shape index (κ1) is 13.0. The van der Waals surface area contributed by atoms with Crippen molar-refractivity contribution in [1.82, 2.24) is 9.80 Å². The van der Waals surface area contributed by atoms with E-state index in [4.69, 9.17) is 0 Å². The number of carbonyl (C=O) groups is 1. The molecule has 1 aliphatic heterocycles. The highest BCUT2D eigenvalue weighted by Gasteiger charge is 2.30. The van der Waals surface area contributed by atoms with Crippen molar-refractivity contribution >= 4 is 21.8 Å². The number of likely N-dealkylation sites (tertiary alicyclic amines) is 1. The van der Waals surface area contributed by atoms with E-state index in [1.54, 1.807) is 0 Å². The van der Waals surface area contributed by atoms with Crippen molar-refractivity contribution in [3.8, 4) is 0 Å². The van der Waals surface area contributed by atoms with Gasteiger partial charge in [-0.2, -0.15) is 0 Å². The van der Waals surface area contributed by atoms with Gasteiger partial charge in [-0.15, -0.1) is 0 Å². The molecule has 1 rings (SSSR count). The summed E-state index contributed by atoms with van der Waals surface area (Å²) in [5, 5.41) is 0. The number of likely N-dealkylation sites (N-methyl/N-ethyl adjacent to an activating group) is 1. The first-order valence-electron chi connectivity index (χ1n) is 5.77. The SMILES string of the molecule is CCN(CC)C1CCN(C(=O)C(C)Br)C1. The van der Waals surface area contributed by atoms with Gasteiger partial charge in [-0.3, -0.25) is 9.69 Å². The minimum Gasteiger partial charge on any atom is -0.340 e. The second kappa shape index (κ2) is 5.85. The summed E-state index contributed by atoms with van der Waals surface area (Å²) in [5.41, 5.74) is 0. The minimum atomic E-state index is -0.0482. The maximum Gasteiger partial charge on any atom is 0.236 e. The fourth-order valence-electron chi connectivity index (χ4n) is 2.23. The Morgan fingerprint density at radius 3 is 2.60 bits per heavy atom. The first-order valence-corrected chi connectivity index (χ1v) is 6.68. The number of halogens is 1. The van der Waals surface area contributed by atoms with Gasteiger partial charge < -0.3 is 4.90 Å². The smallest absolute Gasteiger partial charge is 0.236 e. The Hall–Kier alpha value is -0.0900. The molecule has 1 heterocycles. The van der Waals surface area contributed by atoms with Crippen LogP contribution in [0, 0.1) is 0 Å². The number of alkyl halides is 1. The lowest BCUT2D eigenvalue weighted by molar-refractivity contribution is -0.129. The van der Waals surface area contributed by atoms with Gasteiger partial charge in [0.15, 0.2) is 0 Å². The van der Waals surface area contributed by atoms with E-state index in [2.05, 4.69) is 34.7 Å². The number of nitrogens with zero attached hydrogens (tertiary/aromatic N) is 2. The van der Waals surface area contributed by atoms with Crippen molar-refractivity contribution < 1.29 is 4.79 Å². The number of carbonyl (C=O) groups excluding carboxylic acids is 1. The molecule has 0 N–H and O–H groups in total. The summed E-state index contributed by atoms with van der Waals surface area (Å²) in [7, 11) is 0. The molecule has 0 radical (unpaired) electrons. The maximum atomic E-state index is 11.8. The zero-order valence-electron chi connectivity index (χ0n) is 9.87. The van der Waals surface area contributed by atoms with Crippen LogP contribution in [-0.4, -0.2) is 52.8 Å². The van der Waals surface area contributed by atoms with Crippen molar-refractivity contribution in [2.45, 2.75) is 38.1 Å². The molecule has 3 nitrogen and oxygen atoms in total. The van der Waals surface area contributed by atoms with Crippen molar-refractivity contribution in [2.24, 2.45) is 0 Å². The molecule has 1 fully saturated rings. The fraction of sp³-hybridized carbons (Fsp3) is 0.909. The number of rotatable bonds is 4. The second-order valence-electron chi connectivity index (χ2n) is 4.06. The normalized spacial score (nSPS) is 23.5. The van der Waals surface area contributed by atoms with E-state index in [-0.39, 0.29) is 10.7 Å². The third-order valence-electron chi connectivity index (χ3n) is 3.14. The minimum absolute atomic E-state index is 0.0482. The molecule has 0 bridgehead atoms. The van der Waals surface area contributed by atoms with E-state index in [1.165, 1.54) is 0 Å². The average molecular weight is 277 g/mol. The quantitative estimate of drug-likeness (QED) is 0.730. The van der Waals surface area contributed by atoms with Crippen LogP contribution in [0.1, 0.15) is 27.2 Å². The van der Waals surface area contributed by atoms with Crippen LogP contribution < -0.4 is 0 Å². The summed E-state index contributed by atoms with van der Waals surface area (Å²) in [5.74, 6) is 0.227. The van der Waals surface area contributed by atoms with Crippen molar-refractivity contribution in [3.05, 3.63) is 0 Å². The highest BCUT2D eigenvalue weighted by molar-refractivity contribution is 9.10. The molecule has 15 heavy (non-hydrogen) atoms. The summed E-state index contributed by atoms with van der Waals surface area (Å²) in [4.78, 5) is 16.1. The number of hydrogen-bond donors (Lipinski definition) is 0. The van der Waals surface area contributed by atoms with Crippen LogP contribution in [0.2, 0.25) is 0 Å². The van der Waals surface area contributed by atoms with E-state index in [1.807, 2.05) is 11.8 Å². The molecular weight excluding hydrogens is 256 g/mol. The van der Waals surface area contributed by atoms with E-state index in [0.717, 1.165) is 32.6 Å². The molecule has 0 aromatic carbocycles. The lowest BCUT2D eigenvalue weighted by Gasteiger charge is -2.26. The molecule has 0 spiro atoms. The molecule has 1 aliphatic rings. The highest BCUT2D eigenvalue weighted by atomic mass is 79.9. The molecule has 0 aromatic heterocycles. The van der Waals surface area contributed by atoms with Crippen molar-refractivity contribution in [2.75, 3.05) is 26.2 Å². The summed E-state index contributed by atoms with van der Waals surface area (Å²) in [6.45, 7) is 10.2. The first-order chi connectivity index (χ1) is 7.10. The number of amides is 1. The molecule has 0 aromatic rings. The molecule has 88 valence electrons. The predicted octanol–water partition coefficient (Wildman–Crippen LogP) is 1.71. The average Bonchev–Trinajstić information content (AvgIpc) is 2.67. The second-order valence-corrected chi connectivity index (χ2v) is 5.44. The Morgan fingerprint density at radius 1 is 1.53 bits per heavy atom. The molecule has 0 saturated carbocycles. The zero-order chi connectivity index (χ0) is 11.4. The van der Waals surface area contributed by atoms with Crippen molar-refractivity contribution in [3.63, 3.8) is 0 Å².